The molecule has 2 atom stereocenters. The van der Waals surface area contributed by atoms with E-state index in [9.17, 15) is 9.59 Å². The van der Waals surface area contributed by atoms with Crippen LogP contribution < -0.4 is 15.4 Å². The van der Waals surface area contributed by atoms with Gasteiger partial charge in [0.15, 0.2) is 0 Å². The molecular formula is C19H28N2O3. The van der Waals surface area contributed by atoms with E-state index >= 15 is 0 Å². The normalized spacial score (nSPS) is 19.0. The summed E-state index contributed by atoms with van der Waals surface area (Å²) < 4.78 is 5.19. The third-order valence-electron chi connectivity index (χ3n) is 4.33. The Hall–Kier alpha value is -2.04. The monoisotopic (exact) mass is 332 g/mol. The molecule has 2 N–H and O–H groups in total. The van der Waals surface area contributed by atoms with Gasteiger partial charge in [0.1, 0.15) is 5.75 Å². The first-order valence-electron chi connectivity index (χ1n) is 8.69. The largest absolute Gasteiger partial charge is 0.497 e. The van der Waals surface area contributed by atoms with Crippen molar-refractivity contribution in [3.8, 4) is 5.75 Å². The molecule has 2 unspecified atom stereocenters. The second-order valence-corrected chi connectivity index (χ2v) is 6.81. The third-order valence-corrected chi connectivity index (χ3v) is 4.33. The number of hydrogen-bond acceptors (Lipinski definition) is 3. The number of benzene rings is 1. The molecule has 0 heterocycles. The molecule has 1 aliphatic rings. The lowest BCUT2D eigenvalue weighted by Gasteiger charge is -2.08. The quantitative estimate of drug-likeness (QED) is 0.728. The van der Waals surface area contributed by atoms with E-state index in [1.54, 1.807) is 7.11 Å². The first-order chi connectivity index (χ1) is 11.5. The molecule has 1 fully saturated rings. The van der Waals surface area contributed by atoms with Crippen molar-refractivity contribution >= 4 is 11.8 Å². The van der Waals surface area contributed by atoms with Crippen LogP contribution in [0, 0.1) is 17.8 Å². The highest BCUT2D eigenvalue weighted by Crippen LogP contribution is 2.38. The fourth-order valence-electron chi connectivity index (χ4n) is 2.68. The molecule has 1 saturated carbocycles. The summed E-state index contributed by atoms with van der Waals surface area (Å²) in [6.45, 7) is 5.52. The lowest BCUT2D eigenvalue weighted by atomic mass is 10.1. The molecule has 0 aliphatic heterocycles. The summed E-state index contributed by atoms with van der Waals surface area (Å²) in [6, 6.07) is 7.81. The zero-order chi connectivity index (χ0) is 17.5. The van der Waals surface area contributed by atoms with Gasteiger partial charge < -0.3 is 15.4 Å². The molecule has 5 heteroatoms. The Morgan fingerprint density at radius 2 is 1.83 bits per heavy atom. The predicted molar refractivity (Wildman–Crippen MR) is 93.8 cm³/mol. The predicted octanol–water partition coefficient (Wildman–Crippen LogP) is 2.15. The van der Waals surface area contributed by atoms with E-state index in [4.69, 9.17) is 4.74 Å². The maximum Gasteiger partial charge on any atom is 0.223 e. The van der Waals surface area contributed by atoms with Crippen molar-refractivity contribution in [1.82, 2.24) is 10.6 Å². The fraction of sp³-hybridized carbons (Fsp3) is 0.579. The molecule has 1 aromatic rings. The molecule has 0 bridgehead atoms. The van der Waals surface area contributed by atoms with E-state index in [1.165, 1.54) is 0 Å². The van der Waals surface area contributed by atoms with Gasteiger partial charge in [0.2, 0.25) is 11.8 Å². The molecule has 1 aromatic carbocycles. The smallest absolute Gasteiger partial charge is 0.223 e. The summed E-state index contributed by atoms with van der Waals surface area (Å²) in [5.41, 5.74) is 1.12. The van der Waals surface area contributed by atoms with Gasteiger partial charge in [-0.25, -0.2) is 0 Å². The van der Waals surface area contributed by atoms with Gasteiger partial charge in [-0.3, -0.25) is 9.59 Å². The highest BCUT2D eigenvalue weighted by atomic mass is 16.5. The SMILES string of the molecule is COc1cccc(CCNC(=O)C2CC2C(=O)NCCC(C)C)c1. The molecule has 0 aromatic heterocycles. The number of methoxy groups -OCH3 is 1. The lowest BCUT2D eigenvalue weighted by Crippen LogP contribution is -2.31. The zero-order valence-corrected chi connectivity index (χ0v) is 14.8. The van der Waals surface area contributed by atoms with Gasteiger partial charge in [-0.05, 0) is 42.9 Å². The molecule has 2 rings (SSSR count). The molecule has 0 saturated heterocycles. The Morgan fingerprint density at radius 1 is 1.17 bits per heavy atom. The first kappa shape index (κ1) is 18.3. The minimum atomic E-state index is -0.158. The van der Waals surface area contributed by atoms with Crippen molar-refractivity contribution in [1.29, 1.82) is 0 Å². The van der Waals surface area contributed by atoms with E-state index in [1.807, 2.05) is 24.3 Å². The van der Waals surface area contributed by atoms with Crippen LogP contribution in [-0.4, -0.2) is 32.0 Å². The summed E-state index contributed by atoms with van der Waals surface area (Å²) >= 11 is 0. The number of carbonyl (C=O) groups excluding carboxylic acids is 2. The van der Waals surface area contributed by atoms with Crippen molar-refractivity contribution in [3.05, 3.63) is 29.8 Å². The molecule has 1 aliphatic carbocycles. The number of ether oxygens (including phenoxy) is 1. The van der Waals surface area contributed by atoms with Crippen LogP contribution in [0.5, 0.6) is 5.75 Å². The molecule has 0 radical (unpaired) electrons. The molecule has 24 heavy (non-hydrogen) atoms. The van der Waals surface area contributed by atoms with Crippen LogP contribution in [0.3, 0.4) is 0 Å². The first-order valence-corrected chi connectivity index (χ1v) is 8.69. The minimum absolute atomic E-state index is 0.0121. The van der Waals surface area contributed by atoms with Crippen LogP contribution in [0.15, 0.2) is 24.3 Å². The van der Waals surface area contributed by atoms with Crippen LogP contribution in [0.4, 0.5) is 0 Å². The number of rotatable bonds is 9. The van der Waals surface area contributed by atoms with E-state index in [-0.39, 0.29) is 23.7 Å². The van der Waals surface area contributed by atoms with Gasteiger partial charge in [0, 0.05) is 13.1 Å². The topological polar surface area (TPSA) is 67.4 Å². The Morgan fingerprint density at radius 3 is 2.46 bits per heavy atom. The second kappa shape index (κ2) is 8.71. The summed E-state index contributed by atoms with van der Waals surface area (Å²) in [4.78, 5) is 24.1. The van der Waals surface area contributed by atoms with Gasteiger partial charge in [0.05, 0.1) is 18.9 Å². The van der Waals surface area contributed by atoms with Crippen LogP contribution in [0.25, 0.3) is 0 Å². The summed E-state index contributed by atoms with van der Waals surface area (Å²) in [5.74, 6) is 1.09. The summed E-state index contributed by atoms with van der Waals surface area (Å²) in [6.07, 6.45) is 2.38. The number of nitrogens with one attached hydrogen (secondary N) is 2. The summed E-state index contributed by atoms with van der Waals surface area (Å²) in [7, 11) is 1.64. The van der Waals surface area contributed by atoms with Crippen molar-refractivity contribution < 1.29 is 14.3 Å². The van der Waals surface area contributed by atoms with E-state index in [2.05, 4.69) is 24.5 Å². The van der Waals surface area contributed by atoms with Gasteiger partial charge in [0.25, 0.3) is 0 Å². The van der Waals surface area contributed by atoms with Gasteiger partial charge in [-0.15, -0.1) is 0 Å². The number of carbonyl (C=O) groups is 2. The highest BCUT2D eigenvalue weighted by molar-refractivity contribution is 5.92. The van der Waals surface area contributed by atoms with Crippen LogP contribution in [-0.2, 0) is 16.0 Å². The molecular weight excluding hydrogens is 304 g/mol. The van der Waals surface area contributed by atoms with E-state index in [0.717, 1.165) is 24.2 Å². The number of hydrogen-bond donors (Lipinski definition) is 2. The van der Waals surface area contributed by atoms with Crippen molar-refractivity contribution in [2.24, 2.45) is 17.8 Å². The average Bonchev–Trinajstić information content (AvgIpc) is 3.35. The van der Waals surface area contributed by atoms with Crippen molar-refractivity contribution in [2.45, 2.75) is 33.1 Å². The summed E-state index contributed by atoms with van der Waals surface area (Å²) in [5, 5.41) is 5.85. The molecule has 5 nitrogen and oxygen atoms in total. The Kier molecular flexibility index (Phi) is 6.64. The standard InChI is InChI=1S/C19H28N2O3/c1-13(2)7-9-20-18(22)16-12-17(16)19(23)21-10-8-14-5-4-6-15(11-14)24-3/h4-6,11,13,16-17H,7-10,12H2,1-3H3,(H,20,22)(H,21,23). The van der Waals surface area contributed by atoms with Crippen LogP contribution in [0.2, 0.25) is 0 Å². The Balaban J connectivity index is 1.66. The van der Waals surface area contributed by atoms with Gasteiger partial charge in [-0.2, -0.15) is 0 Å². The molecule has 132 valence electrons. The van der Waals surface area contributed by atoms with Gasteiger partial charge in [-0.1, -0.05) is 26.0 Å². The minimum Gasteiger partial charge on any atom is -0.497 e. The van der Waals surface area contributed by atoms with Gasteiger partial charge >= 0.3 is 0 Å². The lowest BCUT2D eigenvalue weighted by molar-refractivity contribution is -0.127. The number of amides is 2. The molecule has 2 amide bonds. The molecule has 0 spiro atoms. The maximum absolute atomic E-state index is 12.1. The van der Waals surface area contributed by atoms with E-state index < -0.39 is 0 Å². The Bertz CT molecular complexity index is 571. The van der Waals surface area contributed by atoms with Crippen molar-refractivity contribution in [3.63, 3.8) is 0 Å². The Labute approximate surface area is 144 Å². The van der Waals surface area contributed by atoms with E-state index in [0.29, 0.717) is 25.4 Å². The van der Waals surface area contributed by atoms with Crippen molar-refractivity contribution in [2.75, 3.05) is 20.2 Å². The highest BCUT2D eigenvalue weighted by Gasteiger charge is 2.47. The fourth-order valence-corrected chi connectivity index (χ4v) is 2.68. The van der Waals surface area contributed by atoms with Crippen LogP contribution in [0.1, 0.15) is 32.3 Å². The second-order valence-electron chi connectivity index (χ2n) is 6.81. The maximum atomic E-state index is 12.1. The zero-order valence-electron chi connectivity index (χ0n) is 14.8. The average molecular weight is 332 g/mol. The van der Waals surface area contributed by atoms with Crippen LogP contribution >= 0.6 is 0 Å². The third kappa shape index (κ3) is 5.55.